The molecule has 3 amide bonds. The fourth-order valence-corrected chi connectivity index (χ4v) is 3.34. The number of aliphatic hydroxyl groups excluding tert-OH is 1. The number of carboxylic acids is 2. The summed E-state index contributed by atoms with van der Waals surface area (Å²) in [6.07, 6.45) is -0.370. The average molecular weight is 459 g/mol. The first-order valence-electron chi connectivity index (χ1n) is 10.7. The van der Waals surface area contributed by atoms with Crippen LogP contribution in [0.2, 0.25) is 0 Å². The first kappa shape index (κ1) is 27.3. The molecule has 32 heavy (non-hydrogen) atoms. The Kier molecular flexibility index (Phi) is 11.1. The second-order valence-corrected chi connectivity index (χ2v) is 8.40. The van der Waals surface area contributed by atoms with Crippen LogP contribution >= 0.6 is 0 Å². The Balaban J connectivity index is 2.94. The molecule has 5 unspecified atom stereocenters. The van der Waals surface area contributed by atoms with Crippen molar-refractivity contribution in [3.8, 4) is 0 Å². The van der Waals surface area contributed by atoms with Gasteiger partial charge in [-0.3, -0.25) is 19.2 Å². The molecule has 1 heterocycles. The van der Waals surface area contributed by atoms with E-state index in [2.05, 4.69) is 21.3 Å². The largest absolute Gasteiger partial charge is 0.481 e. The predicted octanol–water partition coefficient (Wildman–Crippen LogP) is -1.43. The third-order valence-electron chi connectivity index (χ3n) is 5.04. The van der Waals surface area contributed by atoms with Gasteiger partial charge in [-0.1, -0.05) is 13.8 Å². The van der Waals surface area contributed by atoms with E-state index < -0.39 is 59.9 Å². The number of carbonyl (C=O) groups excluding carboxylic acids is 3. The van der Waals surface area contributed by atoms with E-state index in [1.54, 1.807) is 13.8 Å². The van der Waals surface area contributed by atoms with Crippen LogP contribution in [0.25, 0.3) is 0 Å². The monoisotopic (exact) mass is 458 g/mol. The number of hydrogen-bond donors (Lipinski definition) is 7. The van der Waals surface area contributed by atoms with Crippen molar-refractivity contribution < 1.29 is 39.3 Å². The maximum Gasteiger partial charge on any atom is 0.328 e. The molecule has 1 saturated heterocycles. The van der Waals surface area contributed by atoms with E-state index in [-0.39, 0.29) is 25.2 Å². The van der Waals surface area contributed by atoms with Gasteiger partial charge in [0, 0.05) is 6.42 Å². The molecule has 0 aromatic rings. The minimum Gasteiger partial charge on any atom is -0.481 e. The number of rotatable bonds is 13. The normalized spacial score (nSPS) is 19.5. The second-order valence-electron chi connectivity index (χ2n) is 8.40. The third kappa shape index (κ3) is 9.18. The summed E-state index contributed by atoms with van der Waals surface area (Å²) in [4.78, 5) is 60.2. The van der Waals surface area contributed by atoms with Crippen LogP contribution in [0.1, 0.15) is 52.9 Å². The zero-order chi connectivity index (χ0) is 24.4. The number of amides is 3. The Bertz CT molecular complexity index is 691. The van der Waals surface area contributed by atoms with Gasteiger partial charge >= 0.3 is 11.9 Å². The highest BCUT2D eigenvalue weighted by atomic mass is 16.4. The molecule has 12 heteroatoms. The standard InChI is InChI=1S/C20H34N4O8/c1-10(2)9-14(19(30)24-16(11(3)25)20(31)32)23-18(29)13(6-7-15(26)27)22-17(28)12-5-4-8-21-12/h10-14,16,21,25H,4-9H2,1-3H3,(H,22,28)(H,23,29)(H,24,30)(H,26,27)(H,31,32). The van der Waals surface area contributed by atoms with Crippen LogP contribution in [0.4, 0.5) is 0 Å². The molecule has 0 aromatic carbocycles. The number of aliphatic hydroxyl groups is 1. The van der Waals surface area contributed by atoms with Crippen molar-refractivity contribution in [3.63, 3.8) is 0 Å². The lowest BCUT2D eigenvalue weighted by Gasteiger charge is -2.26. The maximum atomic E-state index is 12.9. The summed E-state index contributed by atoms with van der Waals surface area (Å²) in [5, 5.41) is 38.0. The van der Waals surface area contributed by atoms with Crippen LogP contribution in [0.15, 0.2) is 0 Å². The first-order valence-corrected chi connectivity index (χ1v) is 10.7. The Morgan fingerprint density at radius 3 is 2.06 bits per heavy atom. The van der Waals surface area contributed by atoms with Crippen LogP contribution in [0, 0.1) is 5.92 Å². The van der Waals surface area contributed by atoms with Crippen LogP contribution in [-0.2, 0) is 24.0 Å². The molecule has 1 aliphatic rings. The summed E-state index contributed by atoms with van der Waals surface area (Å²) < 4.78 is 0. The van der Waals surface area contributed by atoms with Gasteiger partial charge in [0.2, 0.25) is 17.7 Å². The molecule has 7 N–H and O–H groups in total. The minimum absolute atomic E-state index is 0.0596. The summed E-state index contributed by atoms with van der Waals surface area (Å²) in [6.45, 7) is 5.47. The smallest absolute Gasteiger partial charge is 0.328 e. The topological polar surface area (TPSA) is 194 Å². The van der Waals surface area contributed by atoms with E-state index >= 15 is 0 Å². The highest BCUT2D eigenvalue weighted by Crippen LogP contribution is 2.10. The number of hydrogen-bond acceptors (Lipinski definition) is 7. The van der Waals surface area contributed by atoms with E-state index in [1.165, 1.54) is 6.92 Å². The van der Waals surface area contributed by atoms with Gasteiger partial charge in [-0.15, -0.1) is 0 Å². The van der Waals surface area contributed by atoms with Gasteiger partial charge in [0.05, 0.1) is 12.1 Å². The van der Waals surface area contributed by atoms with Gasteiger partial charge in [-0.2, -0.15) is 0 Å². The van der Waals surface area contributed by atoms with Gasteiger partial charge in [0.15, 0.2) is 6.04 Å². The van der Waals surface area contributed by atoms with Crippen molar-refractivity contribution in [2.45, 2.75) is 83.1 Å². The molecule has 1 fully saturated rings. The fourth-order valence-electron chi connectivity index (χ4n) is 3.34. The van der Waals surface area contributed by atoms with Crippen molar-refractivity contribution in [1.29, 1.82) is 0 Å². The van der Waals surface area contributed by atoms with Gasteiger partial charge in [0.1, 0.15) is 12.1 Å². The highest BCUT2D eigenvalue weighted by molar-refractivity contribution is 5.94. The molecule has 0 saturated carbocycles. The molecule has 1 aliphatic heterocycles. The van der Waals surface area contributed by atoms with E-state index in [9.17, 15) is 34.2 Å². The van der Waals surface area contributed by atoms with Crippen LogP contribution < -0.4 is 21.3 Å². The summed E-state index contributed by atoms with van der Waals surface area (Å²) >= 11 is 0. The van der Waals surface area contributed by atoms with E-state index in [4.69, 9.17) is 5.11 Å². The number of carboxylic acid groups (broad SMARTS) is 2. The van der Waals surface area contributed by atoms with Gasteiger partial charge in [-0.25, -0.2) is 4.79 Å². The molecule has 0 spiro atoms. The second kappa shape index (κ2) is 13.0. The Morgan fingerprint density at radius 2 is 1.59 bits per heavy atom. The predicted molar refractivity (Wildman–Crippen MR) is 112 cm³/mol. The minimum atomic E-state index is -1.56. The van der Waals surface area contributed by atoms with Gasteiger partial charge in [0.25, 0.3) is 0 Å². The van der Waals surface area contributed by atoms with Gasteiger partial charge in [-0.05, 0) is 45.1 Å². The summed E-state index contributed by atoms with van der Waals surface area (Å²) in [5.74, 6) is -4.62. The zero-order valence-electron chi connectivity index (χ0n) is 18.6. The first-order chi connectivity index (χ1) is 14.9. The lowest BCUT2D eigenvalue weighted by Crippen LogP contribution is -2.58. The summed E-state index contributed by atoms with van der Waals surface area (Å²) in [7, 11) is 0. The fraction of sp³-hybridized carbons (Fsp3) is 0.750. The Labute approximate surface area is 186 Å². The van der Waals surface area contributed by atoms with Crippen molar-refractivity contribution in [2.75, 3.05) is 6.54 Å². The molecule has 12 nitrogen and oxygen atoms in total. The molecule has 0 aromatic heterocycles. The van der Waals surface area contributed by atoms with Crippen molar-refractivity contribution >= 4 is 29.7 Å². The lowest BCUT2D eigenvalue weighted by molar-refractivity contribution is -0.145. The summed E-state index contributed by atoms with van der Waals surface area (Å²) in [5.41, 5.74) is 0. The third-order valence-corrected chi connectivity index (χ3v) is 5.04. The van der Waals surface area contributed by atoms with Crippen LogP contribution in [-0.4, -0.2) is 81.8 Å². The SMILES string of the molecule is CC(C)CC(NC(=O)C(CCC(=O)O)NC(=O)C1CCCN1)C(=O)NC(C(=O)O)C(C)O. The molecule has 1 rings (SSSR count). The highest BCUT2D eigenvalue weighted by Gasteiger charge is 2.33. The summed E-state index contributed by atoms with van der Waals surface area (Å²) in [6, 6.07) is -4.37. The number of aliphatic carboxylic acids is 2. The molecular weight excluding hydrogens is 424 g/mol. The lowest BCUT2D eigenvalue weighted by atomic mass is 10.0. The molecule has 0 bridgehead atoms. The van der Waals surface area contributed by atoms with Gasteiger partial charge < -0.3 is 36.6 Å². The molecule has 0 aliphatic carbocycles. The average Bonchev–Trinajstić information content (AvgIpc) is 3.22. The van der Waals surface area contributed by atoms with E-state index in [1.807, 2.05) is 0 Å². The van der Waals surface area contributed by atoms with Crippen LogP contribution in [0.3, 0.4) is 0 Å². The van der Waals surface area contributed by atoms with Crippen molar-refractivity contribution in [3.05, 3.63) is 0 Å². The quantitative estimate of drug-likeness (QED) is 0.173. The van der Waals surface area contributed by atoms with E-state index in [0.29, 0.717) is 13.0 Å². The molecule has 5 atom stereocenters. The Morgan fingerprint density at radius 1 is 0.969 bits per heavy atom. The zero-order valence-corrected chi connectivity index (χ0v) is 18.6. The Hall–Kier alpha value is -2.73. The van der Waals surface area contributed by atoms with Crippen LogP contribution in [0.5, 0.6) is 0 Å². The number of nitrogens with one attached hydrogen (secondary N) is 4. The molecule has 182 valence electrons. The van der Waals surface area contributed by atoms with Crippen molar-refractivity contribution in [1.82, 2.24) is 21.3 Å². The van der Waals surface area contributed by atoms with E-state index in [0.717, 1.165) is 6.42 Å². The molecule has 0 radical (unpaired) electrons. The number of carbonyl (C=O) groups is 5. The molecular formula is C20H34N4O8. The van der Waals surface area contributed by atoms with Crippen molar-refractivity contribution in [2.24, 2.45) is 5.92 Å². The maximum absolute atomic E-state index is 12.9.